The van der Waals surface area contributed by atoms with E-state index < -0.39 is 5.91 Å². The van der Waals surface area contributed by atoms with E-state index in [1.165, 1.54) is 11.3 Å². The molecule has 1 fully saturated rings. The Morgan fingerprint density at radius 1 is 1.28 bits per heavy atom. The van der Waals surface area contributed by atoms with Crippen LogP contribution in [0.25, 0.3) is 10.2 Å². The molecule has 0 radical (unpaired) electrons. The second kappa shape index (κ2) is 7.00. The zero-order chi connectivity index (χ0) is 18.1. The van der Waals surface area contributed by atoms with Crippen LogP contribution in [-0.2, 0) is 20.9 Å². The molecule has 3 rings (SSSR count). The Morgan fingerprint density at radius 3 is 2.60 bits per heavy atom. The van der Waals surface area contributed by atoms with Gasteiger partial charge in [0.25, 0.3) is 5.91 Å². The standard InChI is InChI=1S/C16H11Cl2N3O3S/c1-2-5-20-15-10(18)6-9(17)7-11(15)25-16(20)19-12(22)8-21-13(23)3-4-14(21)24/h1,6-7H,3-5,8H2. The van der Waals surface area contributed by atoms with Crippen LogP contribution in [0.1, 0.15) is 12.8 Å². The van der Waals surface area contributed by atoms with Gasteiger partial charge < -0.3 is 4.57 Å². The SMILES string of the molecule is C#CCn1c(=NC(=O)CN2C(=O)CCC2=O)sc2cc(Cl)cc(Cl)c21. The van der Waals surface area contributed by atoms with Crippen molar-refractivity contribution in [3.63, 3.8) is 0 Å². The van der Waals surface area contributed by atoms with Crippen molar-refractivity contribution < 1.29 is 14.4 Å². The van der Waals surface area contributed by atoms with Gasteiger partial charge in [-0.3, -0.25) is 19.3 Å². The van der Waals surface area contributed by atoms with Crippen LogP contribution in [0.5, 0.6) is 0 Å². The molecule has 6 nitrogen and oxygen atoms in total. The molecule has 1 aliphatic heterocycles. The first kappa shape index (κ1) is 17.7. The Kier molecular flexibility index (Phi) is 4.95. The number of halogens is 2. The van der Waals surface area contributed by atoms with E-state index in [2.05, 4.69) is 10.9 Å². The van der Waals surface area contributed by atoms with Crippen LogP contribution >= 0.6 is 34.5 Å². The minimum atomic E-state index is -0.608. The monoisotopic (exact) mass is 395 g/mol. The zero-order valence-corrected chi connectivity index (χ0v) is 15.1. The van der Waals surface area contributed by atoms with Crippen LogP contribution in [0.2, 0.25) is 10.0 Å². The van der Waals surface area contributed by atoms with Gasteiger partial charge in [0, 0.05) is 17.9 Å². The lowest BCUT2D eigenvalue weighted by Gasteiger charge is -2.10. The molecule has 128 valence electrons. The summed E-state index contributed by atoms with van der Waals surface area (Å²) in [5.74, 6) is 1.16. The fraction of sp³-hybridized carbons (Fsp3) is 0.250. The molecule has 1 aromatic heterocycles. The number of rotatable bonds is 3. The van der Waals surface area contributed by atoms with Gasteiger partial charge in [-0.2, -0.15) is 4.99 Å². The highest BCUT2D eigenvalue weighted by molar-refractivity contribution is 7.16. The number of nitrogens with zero attached hydrogens (tertiary/aromatic N) is 3. The predicted octanol–water partition coefficient (Wildman–Crippen LogP) is 2.22. The Hall–Kier alpha value is -2.14. The highest BCUT2D eigenvalue weighted by atomic mass is 35.5. The van der Waals surface area contributed by atoms with Gasteiger partial charge in [-0.1, -0.05) is 40.5 Å². The first-order valence-electron chi connectivity index (χ1n) is 7.23. The summed E-state index contributed by atoms with van der Waals surface area (Å²) in [5, 5.41) is 0.852. The summed E-state index contributed by atoms with van der Waals surface area (Å²) in [6.07, 6.45) is 5.65. The fourth-order valence-corrected chi connectivity index (χ4v) is 4.36. The second-order valence-corrected chi connectivity index (χ2v) is 7.14. The number of benzene rings is 1. The van der Waals surface area contributed by atoms with E-state index in [9.17, 15) is 14.4 Å². The van der Waals surface area contributed by atoms with Crippen LogP contribution in [-0.4, -0.2) is 33.7 Å². The number of imide groups is 1. The lowest BCUT2D eigenvalue weighted by Crippen LogP contribution is -2.34. The number of amides is 3. The summed E-state index contributed by atoms with van der Waals surface area (Å²) in [5.41, 5.74) is 0.633. The number of aromatic nitrogens is 1. The molecule has 0 bridgehead atoms. The molecule has 0 atom stereocenters. The number of terminal acetylenes is 1. The quantitative estimate of drug-likeness (QED) is 0.590. The van der Waals surface area contributed by atoms with Crippen molar-refractivity contribution in [2.45, 2.75) is 19.4 Å². The molecule has 2 heterocycles. The number of hydrogen-bond acceptors (Lipinski definition) is 4. The number of carbonyl (C=O) groups excluding carboxylic acids is 3. The average Bonchev–Trinajstić information content (AvgIpc) is 3.02. The summed E-state index contributed by atoms with van der Waals surface area (Å²) >= 11 is 13.4. The van der Waals surface area contributed by atoms with E-state index in [4.69, 9.17) is 29.6 Å². The molecule has 0 N–H and O–H groups in total. The molecular weight excluding hydrogens is 385 g/mol. The van der Waals surface area contributed by atoms with Crippen LogP contribution in [0.3, 0.4) is 0 Å². The normalized spacial score (nSPS) is 15.2. The summed E-state index contributed by atoms with van der Waals surface area (Å²) in [6.45, 7) is -0.217. The average molecular weight is 396 g/mol. The van der Waals surface area contributed by atoms with E-state index in [-0.39, 0.29) is 37.7 Å². The Bertz CT molecular complexity index is 1000. The highest BCUT2D eigenvalue weighted by Crippen LogP contribution is 2.29. The van der Waals surface area contributed by atoms with Crippen molar-refractivity contribution in [1.82, 2.24) is 9.47 Å². The van der Waals surface area contributed by atoms with Crippen molar-refractivity contribution >= 4 is 62.5 Å². The maximum absolute atomic E-state index is 12.2. The molecule has 0 spiro atoms. The Morgan fingerprint density at radius 2 is 1.96 bits per heavy atom. The van der Waals surface area contributed by atoms with Crippen molar-refractivity contribution in [1.29, 1.82) is 0 Å². The lowest BCUT2D eigenvalue weighted by atomic mass is 10.3. The number of likely N-dealkylation sites (tertiary alicyclic amines) is 1. The third kappa shape index (κ3) is 3.47. The lowest BCUT2D eigenvalue weighted by molar-refractivity contribution is -0.141. The Balaban J connectivity index is 2.03. The number of carbonyl (C=O) groups is 3. The van der Waals surface area contributed by atoms with Gasteiger partial charge in [0.05, 0.1) is 21.8 Å². The van der Waals surface area contributed by atoms with E-state index in [1.807, 2.05) is 0 Å². The zero-order valence-electron chi connectivity index (χ0n) is 12.8. The smallest absolute Gasteiger partial charge is 0.268 e. The van der Waals surface area contributed by atoms with Gasteiger partial charge in [-0.15, -0.1) is 6.42 Å². The molecule has 1 saturated heterocycles. The van der Waals surface area contributed by atoms with Crippen LogP contribution in [0.4, 0.5) is 0 Å². The topological polar surface area (TPSA) is 71.7 Å². The minimum absolute atomic E-state index is 0.125. The van der Waals surface area contributed by atoms with Crippen LogP contribution < -0.4 is 4.80 Å². The number of thiazole rings is 1. The van der Waals surface area contributed by atoms with E-state index in [0.29, 0.717) is 20.4 Å². The van der Waals surface area contributed by atoms with Crippen molar-refractivity contribution in [2.24, 2.45) is 4.99 Å². The predicted molar refractivity (Wildman–Crippen MR) is 95.2 cm³/mol. The van der Waals surface area contributed by atoms with Gasteiger partial charge in [-0.05, 0) is 12.1 Å². The molecule has 1 aliphatic rings. The largest absolute Gasteiger partial charge is 0.303 e. The van der Waals surface area contributed by atoms with E-state index in [1.54, 1.807) is 16.7 Å². The fourth-order valence-electron chi connectivity index (χ4n) is 2.53. The van der Waals surface area contributed by atoms with E-state index >= 15 is 0 Å². The van der Waals surface area contributed by atoms with Gasteiger partial charge >= 0.3 is 0 Å². The number of hydrogen-bond donors (Lipinski definition) is 0. The van der Waals surface area contributed by atoms with Gasteiger partial charge in [0.1, 0.15) is 6.54 Å². The number of fused-ring (bicyclic) bond motifs is 1. The molecule has 1 aromatic carbocycles. The molecular formula is C16H11Cl2N3O3S. The summed E-state index contributed by atoms with van der Waals surface area (Å²) in [4.78, 5) is 40.7. The molecule has 0 aliphatic carbocycles. The summed E-state index contributed by atoms with van der Waals surface area (Å²) in [6, 6.07) is 3.29. The molecule has 0 unspecified atom stereocenters. The third-order valence-electron chi connectivity index (χ3n) is 3.61. The van der Waals surface area contributed by atoms with Crippen LogP contribution in [0.15, 0.2) is 17.1 Å². The van der Waals surface area contributed by atoms with Gasteiger partial charge in [0.15, 0.2) is 4.80 Å². The minimum Gasteiger partial charge on any atom is -0.303 e. The summed E-state index contributed by atoms with van der Waals surface area (Å²) < 4.78 is 2.36. The molecule has 9 heteroatoms. The summed E-state index contributed by atoms with van der Waals surface area (Å²) in [7, 11) is 0. The first-order valence-corrected chi connectivity index (χ1v) is 8.80. The van der Waals surface area contributed by atoms with Gasteiger partial charge in [0.2, 0.25) is 11.8 Å². The second-order valence-electron chi connectivity index (χ2n) is 5.29. The Labute approximate surface area is 156 Å². The molecule has 25 heavy (non-hydrogen) atoms. The maximum Gasteiger partial charge on any atom is 0.268 e. The molecule has 2 aromatic rings. The van der Waals surface area contributed by atoms with Crippen molar-refractivity contribution in [3.05, 3.63) is 27.0 Å². The first-order chi connectivity index (χ1) is 11.9. The van der Waals surface area contributed by atoms with Gasteiger partial charge in [-0.25, -0.2) is 0 Å². The van der Waals surface area contributed by atoms with E-state index in [0.717, 1.165) is 9.60 Å². The maximum atomic E-state index is 12.2. The molecule has 0 saturated carbocycles. The highest BCUT2D eigenvalue weighted by Gasteiger charge is 2.30. The van der Waals surface area contributed by atoms with Crippen molar-refractivity contribution in [3.8, 4) is 12.3 Å². The van der Waals surface area contributed by atoms with Crippen LogP contribution in [0, 0.1) is 12.3 Å². The van der Waals surface area contributed by atoms with Crippen molar-refractivity contribution in [2.75, 3.05) is 6.54 Å². The molecule has 3 amide bonds. The third-order valence-corrected chi connectivity index (χ3v) is 5.14.